The van der Waals surface area contributed by atoms with Gasteiger partial charge >= 0.3 is 0 Å². The lowest BCUT2D eigenvalue weighted by atomic mass is 10.2. The Kier molecular flexibility index (Phi) is 7.84. The number of fused-ring (bicyclic) bond motifs is 1. The molecule has 0 radical (unpaired) electrons. The van der Waals surface area contributed by atoms with Gasteiger partial charge in [-0.25, -0.2) is 8.42 Å². The molecule has 3 rings (SSSR count). The maximum absolute atomic E-state index is 12.8. The van der Waals surface area contributed by atoms with Crippen LogP contribution in [-0.2, 0) is 16.6 Å². The van der Waals surface area contributed by atoms with Gasteiger partial charge in [-0.1, -0.05) is 42.0 Å². The molecule has 0 aliphatic carbocycles. The van der Waals surface area contributed by atoms with Crippen LogP contribution in [-0.4, -0.2) is 36.3 Å². The van der Waals surface area contributed by atoms with Crippen LogP contribution in [0, 0.1) is 0 Å². The van der Waals surface area contributed by atoms with Gasteiger partial charge in [-0.05, 0) is 48.9 Å². The highest BCUT2D eigenvalue weighted by molar-refractivity contribution is 7.89. The topological polar surface area (TPSA) is 71.7 Å². The second-order valence-electron chi connectivity index (χ2n) is 6.99. The van der Waals surface area contributed by atoms with E-state index in [2.05, 4.69) is 25.1 Å². The van der Waals surface area contributed by atoms with Crippen LogP contribution in [0.15, 0.2) is 77.7 Å². The van der Waals surface area contributed by atoms with Crippen LogP contribution < -0.4 is 4.80 Å². The summed E-state index contributed by atoms with van der Waals surface area (Å²) in [6.45, 7) is 10.3. The van der Waals surface area contributed by atoms with Crippen LogP contribution in [0.5, 0.6) is 0 Å². The molecule has 9 heteroatoms. The molecule has 1 amide bonds. The van der Waals surface area contributed by atoms with E-state index in [4.69, 9.17) is 11.6 Å². The second kappa shape index (κ2) is 10.4. The smallest absolute Gasteiger partial charge is 0.279 e. The van der Waals surface area contributed by atoms with Crippen molar-refractivity contribution in [2.45, 2.75) is 24.8 Å². The van der Waals surface area contributed by atoms with Gasteiger partial charge in [-0.3, -0.25) is 4.79 Å². The number of hydrogen-bond donors (Lipinski definition) is 0. The van der Waals surface area contributed by atoms with Gasteiger partial charge in [0.2, 0.25) is 10.0 Å². The number of carbonyl (C=O) groups is 1. The Hall–Kier alpha value is -2.52. The number of sulfonamides is 1. The summed E-state index contributed by atoms with van der Waals surface area (Å²) in [5.74, 6) is -0.439. The number of nitrogens with zero attached hydrogens (tertiary/aromatic N) is 3. The maximum Gasteiger partial charge on any atom is 0.279 e. The molecule has 0 N–H and O–H groups in total. The molecule has 0 unspecified atom stereocenters. The molecule has 0 saturated carbocycles. The van der Waals surface area contributed by atoms with Crippen molar-refractivity contribution in [3.05, 3.63) is 83.2 Å². The standard InChI is InChI=1S/C23H24ClN3O3S2/c1-4-13-26(14-5-2)32(29,30)19-10-7-17(8-11-19)22(28)25-23-27(15-6-3)20-12-9-18(24)16-21(20)31-23/h4-5,7-12,16H,1-2,6,13-15H2,3H3. The number of halogens is 1. The molecule has 0 saturated heterocycles. The molecule has 0 atom stereocenters. The van der Waals surface area contributed by atoms with Gasteiger partial charge in [0.25, 0.3) is 5.91 Å². The number of rotatable bonds is 9. The fraction of sp³-hybridized carbons (Fsp3) is 0.217. The molecule has 0 spiro atoms. The van der Waals surface area contributed by atoms with Crippen molar-refractivity contribution < 1.29 is 13.2 Å². The van der Waals surface area contributed by atoms with Gasteiger partial charge in [0, 0.05) is 30.2 Å². The van der Waals surface area contributed by atoms with Gasteiger partial charge in [-0.2, -0.15) is 9.30 Å². The van der Waals surface area contributed by atoms with E-state index >= 15 is 0 Å². The van der Waals surface area contributed by atoms with Crippen molar-refractivity contribution in [2.24, 2.45) is 4.99 Å². The summed E-state index contributed by atoms with van der Waals surface area (Å²) in [6.07, 6.45) is 3.91. The Morgan fingerprint density at radius 2 is 1.81 bits per heavy atom. The van der Waals surface area contributed by atoms with E-state index < -0.39 is 15.9 Å². The lowest BCUT2D eigenvalue weighted by molar-refractivity contribution is 0.0997. The maximum atomic E-state index is 12.8. The number of aromatic nitrogens is 1. The van der Waals surface area contributed by atoms with Crippen LogP contribution in [0.25, 0.3) is 10.2 Å². The summed E-state index contributed by atoms with van der Waals surface area (Å²) in [7, 11) is -3.73. The van der Waals surface area contributed by atoms with Gasteiger partial charge in [-0.15, -0.1) is 13.2 Å². The predicted octanol–water partition coefficient (Wildman–Crippen LogP) is 4.87. The average molecular weight is 490 g/mol. The van der Waals surface area contributed by atoms with Crippen LogP contribution in [0.2, 0.25) is 5.02 Å². The Morgan fingerprint density at radius 3 is 2.41 bits per heavy atom. The summed E-state index contributed by atoms with van der Waals surface area (Å²) in [5, 5.41) is 0.624. The molecule has 1 heterocycles. The summed E-state index contributed by atoms with van der Waals surface area (Å²) in [4.78, 5) is 17.8. The summed E-state index contributed by atoms with van der Waals surface area (Å²) < 4.78 is 29.9. The van der Waals surface area contributed by atoms with Crippen LogP contribution in [0.3, 0.4) is 0 Å². The zero-order chi connectivity index (χ0) is 23.3. The average Bonchev–Trinajstić information content (AvgIpc) is 3.09. The molecule has 0 aliphatic heterocycles. The van der Waals surface area contributed by atoms with E-state index in [1.807, 2.05) is 22.8 Å². The number of amides is 1. The highest BCUT2D eigenvalue weighted by atomic mass is 35.5. The van der Waals surface area contributed by atoms with Gasteiger partial charge < -0.3 is 4.57 Å². The summed E-state index contributed by atoms with van der Waals surface area (Å²) >= 11 is 7.50. The first-order chi connectivity index (χ1) is 15.3. The Labute approximate surface area is 196 Å². The fourth-order valence-electron chi connectivity index (χ4n) is 3.20. The Balaban J connectivity index is 1.96. The van der Waals surface area contributed by atoms with Gasteiger partial charge in [0.15, 0.2) is 4.80 Å². The van der Waals surface area contributed by atoms with E-state index in [0.29, 0.717) is 21.9 Å². The molecule has 0 fully saturated rings. The summed E-state index contributed by atoms with van der Waals surface area (Å²) in [6, 6.07) is 11.4. The minimum atomic E-state index is -3.73. The molecule has 2 aromatic carbocycles. The molecular weight excluding hydrogens is 466 g/mol. The molecule has 0 aliphatic rings. The lowest BCUT2D eigenvalue weighted by Gasteiger charge is -2.19. The lowest BCUT2D eigenvalue weighted by Crippen LogP contribution is -2.31. The van der Waals surface area contributed by atoms with E-state index in [9.17, 15) is 13.2 Å². The predicted molar refractivity (Wildman–Crippen MR) is 131 cm³/mol. The van der Waals surface area contributed by atoms with Crippen molar-refractivity contribution in [1.82, 2.24) is 8.87 Å². The third-order valence-corrected chi connectivity index (χ3v) is 7.82. The van der Waals surface area contributed by atoms with Crippen molar-refractivity contribution in [1.29, 1.82) is 0 Å². The fourth-order valence-corrected chi connectivity index (χ4v) is 5.91. The first kappa shape index (κ1) is 24.1. The minimum Gasteiger partial charge on any atom is -0.316 e. The van der Waals surface area contributed by atoms with Crippen molar-refractivity contribution in [3.63, 3.8) is 0 Å². The SMILES string of the molecule is C=CCN(CC=C)S(=O)(=O)c1ccc(C(=O)N=c2sc3cc(Cl)ccc3n2CCC)cc1. The summed E-state index contributed by atoms with van der Waals surface area (Å²) in [5.41, 5.74) is 1.28. The van der Waals surface area contributed by atoms with Crippen molar-refractivity contribution in [2.75, 3.05) is 13.1 Å². The molecule has 6 nitrogen and oxygen atoms in total. The number of carbonyl (C=O) groups excluding carboxylic acids is 1. The highest BCUT2D eigenvalue weighted by Gasteiger charge is 2.22. The monoisotopic (exact) mass is 489 g/mol. The Bertz CT molecular complexity index is 1310. The normalized spacial score (nSPS) is 12.4. The largest absolute Gasteiger partial charge is 0.316 e. The first-order valence-corrected chi connectivity index (χ1v) is 12.6. The van der Waals surface area contributed by atoms with E-state index in [1.54, 1.807) is 0 Å². The third-order valence-electron chi connectivity index (χ3n) is 4.69. The van der Waals surface area contributed by atoms with Crippen molar-refractivity contribution >= 4 is 49.1 Å². The first-order valence-electron chi connectivity index (χ1n) is 10.0. The highest BCUT2D eigenvalue weighted by Crippen LogP contribution is 2.22. The second-order valence-corrected chi connectivity index (χ2v) is 10.4. The number of aryl methyl sites for hydroxylation is 1. The van der Waals surface area contributed by atoms with Gasteiger partial charge in [0.1, 0.15) is 0 Å². The van der Waals surface area contributed by atoms with Gasteiger partial charge in [0.05, 0.1) is 15.1 Å². The molecule has 1 aromatic heterocycles. The van der Waals surface area contributed by atoms with Crippen molar-refractivity contribution in [3.8, 4) is 0 Å². The molecule has 0 bridgehead atoms. The number of thiazole rings is 1. The zero-order valence-corrected chi connectivity index (χ0v) is 20.1. The van der Waals surface area contributed by atoms with Crippen LogP contribution in [0.4, 0.5) is 0 Å². The molecule has 32 heavy (non-hydrogen) atoms. The molecule has 3 aromatic rings. The quantitative estimate of drug-likeness (QED) is 0.402. The third kappa shape index (κ3) is 5.10. The number of hydrogen-bond acceptors (Lipinski definition) is 4. The zero-order valence-electron chi connectivity index (χ0n) is 17.7. The molecule has 168 valence electrons. The minimum absolute atomic E-state index is 0.0929. The van der Waals surface area contributed by atoms with E-state index in [-0.39, 0.29) is 18.0 Å². The van der Waals surface area contributed by atoms with E-state index in [1.165, 1.54) is 52.1 Å². The van der Waals surface area contributed by atoms with Crippen LogP contribution in [0.1, 0.15) is 23.7 Å². The Morgan fingerprint density at radius 1 is 1.16 bits per heavy atom. The van der Waals surface area contributed by atoms with Crippen LogP contribution >= 0.6 is 22.9 Å². The van der Waals surface area contributed by atoms with E-state index in [0.717, 1.165) is 16.6 Å². The number of benzene rings is 2. The molecular formula is C23H24ClN3O3S2.